The first-order valence-corrected chi connectivity index (χ1v) is 8.65. The minimum Gasteiger partial charge on any atom is -0.450 e. The van der Waals surface area contributed by atoms with Crippen LogP contribution in [0.1, 0.15) is 29.4 Å². The van der Waals surface area contributed by atoms with Crippen molar-refractivity contribution in [2.45, 2.75) is 19.6 Å². The predicted octanol–water partition coefficient (Wildman–Crippen LogP) is 3.95. The number of rotatable bonds is 2. The minimum atomic E-state index is -4.81. The van der Waals surface area contributed by atoms with Gasteiger partial charge in [0, 0.05) is 10.6 Å². The quantitative estimate of drug-likeness (QED) is 0.808. The van der Waals surface area contributed by atoms with Gasteiger partial charge in [-0.3, -0.25) is 4.90 Å². The SMILES string of the molecule is CCOC(=O)N1C/C(=C/c2ccc(Cl)cc2)c2nc(=O)[nH]c(C(F)(F)F)c2C1. The third-order valence-corrected chi connectivity index (χ3v) is 4.32. The maximum Gasteiger partial charge on any atom is 0.431 e. The second-order valence-corrected chi connectivity index (χ2v) is 6.45. The number of ether oxygens (including phenoxy) is 1. The molecule has 0 atom stereocenters. The van der Waals surface area contributed by atoms with E-state index in [-0.39, 0.29) is 36.5 Å². The van der Waals surface area contributed by atoms with Crippen LogP contribution in [0.15, 0.2) is 29.1 Å². The fourth-order valence-corrected chi connectivity index (χ4v) is 3.03. The molecule has 0 spiro atoms. The fourth-order valence-electron chi connectivity index (χ4n) is 2.90. The maximum absolute atomic E-state index is 13.5. The lowest BCUT2D eigenvalue weighted by Gasteiger charge is -2.30. The summed E-state index contributed by atoms with van der Waals surface area (Å²) in [5, 5.41) is 0.494. The summed E-state index contributed by atoms with van der Waals surface area (Å²) in [6, 6.07) is 6.56. The smallest absolute Gasteiger partial charge is 0.431 e. The highest BCUT2D eigenvalue weighted by atomic mass is 35.5. The zero-order valence-electron chi connectivity index (χ0n) is 14.6. The molecule has 1 amide bonds. The normalized spacial score (nSPS) is 15.5. The molecule has 0 aliphatic carbocycles. The van der Waals surface area contributed by atoms with Crippen molar-refractivity contribution in [1.29, 1.82) is 0 Å². The predicted molar refractivity (Wildman–Crippen MR) is 96.6 cm³/mol. The van der Waals surface area contributed by atoms with Crippen LogP contribution < -0.4 is 5.69 Å². The van der Waals surface area contributed by atoms with Crippen LogP contribution in [0, 0.1) is 0 Å². The van der Waals surface area contributed by atoms with Crippen LogP contribution in [0.4, 0.5) is 18.0 Å². The first-order valence-electron chi connectivity index (χ1n) is 8.27. The number of hydrogen-bond acceptors (Lipinski definition) is 4. The van der Waals surface area contributed by atoms with Gasteiger partial charge in [0.2, 0.25) is 0 Å². The summed E-state index contributed by atoms with van der Waals surface area (Å²) in [5.74, 6) is 0. The Balaban J connectivity index is 2.17. The zero-order valence-corrected chi connectivity index (χ0v) is 15.4. The number of amides is 1. The first-order chi connectivity index (χ1) is 13.2. The van der Waals surface area contributed by atoms with E-state index < -0.39 is 23.7 Å². The largest absolute Gasteiger partial charge is 0.450 e. The van der Waals surface area contributed by atoms with Crippen molar-refractivity contribution in [3.05, 3.63) is 62.3 Å². The monoisotopic (exact) mass is 413 g/mol. The van der Waals surface area contributed by atoms with E-state index in [0.717, 1.165) is 4.90 Å². The number of carbonyl (C=O) groups excluding carboxylic acids is 1. The second-order valence-electron chi connectivity index (χ2n) is 6.02. The molecule has 1 N–H and O–H groups in total. The first kappa shape index (κ1) is 19.9. The van der Waals surface area contributed by atoms with Gasteiger partial charge >= 0.3 is 18.0 Å². The molecule has 0 saturated carbocycles. The van der Waals surface area contributed by atoms with Gasteiger partial charge in [-0.15, -0.1) is 0 Å². The van der Waals surface area contributed by atoms with Crippen LogP contribution in [0.3, 0.4) is 0 Å². The van der Waals surface area contributed by atoms with Gasteiger partial charge in [0.15, 0.2) is 0 Å². The summed E-state index contributed by atoms with van der Waals surface area (Å²) in [4.78, 5) is 30.5. The lowest BCUT2D eigenvalue weighted by atomic mass is 9.97. The van der Waals surface area contributed by atoms with Gasteiger partial charge < -0.3 is 9.72 Å². The summed E-state index contributed by atoms with van der Waals surface area (Å²) >= 11 is 5.85. The van der Waals surface area contributed by atoms with E-state index in [0.29, 0.717) is 10.6 Å². The highest BCUT2D eigenvalue weighted by molar-refractivity contribution is 6.30. The number of fused-ring (bicyclic) bond motifs is 1. The third kappa shape index (κ3) is 4.19. The van der Waals surface area contributed by atoms with Crippen LogP contribution in [-0.2, 0) is 17.5 Å². The van der Waals surface area contributed by atoms with Gasteiger partial charge in [0.25, 0.3) is 0 Å². The number of H-pyrrole nitrogens is 1. The van der Waals surface area contributed by atoms with Gasteiger partial charge in [-0.1, -0.05) is 23.7 Å². The Morgan fingerprint density at radius 2 is 2.00 bits per heavy atom. The second kappa shape index (κ2) is 7.67. The van der Waals surface area contributed by atoms with Crippen LogP contribution in [0.2, 0.25) is 5.02 Å². The molecular weight excluding hydrogens is 399 g/mol. The molecule has 0 bridgehead atoms. The van der Waals surface area contributed by atoms with Gasteiger partial charge in [0.1, 0.15) is 5.69 Å². The summed E-state index contributed by atoms with van der Waals surface area (Å²) in [7, 11) is 0. The van der Waals surface area contributed by atoms with Gasteiger partial charge in [-0.2, -0.15) is 18.2 Å². The molecule has 10 heteroatoms. The van der Waals surface area contributed by atoms with Gasteiger partial charge in [0.05, 0.1) is 25.4 Å². The number of benzene rings is 1. The number of nitrogens with zero attached hydrogens (tertiary/aromatic N) is 2. The van der Waals surface area contributed by atoms with E-state index in [4.69, 9.17) is 16.3 Å². The lowest BCUT2D eigenvalue weighted by Crippen LogP contribution is -2.39. The highest BCUT2D eigenvalue weighted by Gasteiger charge is 2.39. The average Bonchev–Trinajstić information content (AvgIpc) is 2.62. The Labute approximate surface area is 162 Å². The van der Waals surface area contributed by atoms with E-state index >= 15 is 0 Å². The Hall–Kier alpha value is -2.81. The van der Waals surface area contributed by atoms with Crippen molar-refractivity contribution in [1.82, 2.24) is 14.9 Å². The van der Waals surface area contributed by atoms with Crippen molar-refractivity contribution >= 4 is 29.3 Å². The molecule has 148 valence electrons. The van der Waals surface area contributed by atoms with Crippen molar-refractivity contribution in [3.8, 4) is 0 Å². The van der Waals surface area contributed by atoms with E-state index in [1.807, 2.05) is 0 Å². The fraction of sp³-hybridized carbons (Fsp3) is 0.278. The molecule has 0 saturated heterocycles. The molecule has 0 fully saturated rings. The zero-order chi connectivity index (χ0) is 20.5. The summed E-state index contributed by atoms with van der Waals surface area (Å²) in [5.41, 5.74) is -1.80. The van der Waals surface area contributed by atoms with Gasteiger partial charge in [-0.05, 0) is 36.3 Å². The van der Waals surface area contributed by atoms with Crippen molar-refractivity contribution in [2.24, 2.45) is 0 Å². The van der Waals surface area contributed by atoms with E-state index in [2.05, 4.69) is 4.98 Å². The molecule has 0 radical (unpaired) electrons. The summed E-state index contributed by atoms with van der Waals surface area (Å²) in [6.45, 7) is 1.24. The molecule has 1 aromatic heterocycles. The molecule has 28 heavy (non-hydrogen) atoms. The van der Waals surface area contributed by atoms with Crippen molar-refractivity contribution in [3.63, 3.8) is 0 Å². The van der Waals surface area contributed by atoms with E-state index in [9.17, 15) is 22.8 Å². The van der Waals surface area contributed by atoms with Crippen molar-refractivity contribution < 1.29 is 22.7 Å². The van der Waals surface area contributed by atoms with Gasteiger partial charge in [-0.25, -0.2) is 9.59 Å². The van der Waals surface area contributed by atoms with E-state index in [1.54, 1.807) is 42.2 Å². The molecule has 1 aliphatic rings. The maximum atomic E-state index is 13.5. The Bertz CT molecular complexity index is 984. The minimum absolute atomic E-state index is 0.0534. The Kier molecular flexibility index (Phi) is 5.46. The molecule has 1 aromatic carbocycles. The summed E-state index contributed by atoms with van der Waals surface area (Å²) < 4.78 is 45.3. The molecule has 2 aromatic rings. The number of aromatic nitrogens is 2. The lowest BCUT2D eigenvalue weighted by molar-refractivity contribution is -0.142. The van der Waals surface area contributed by atoms with Crippen LogP contribution >= 0.6 is 11.6 Å². The van der Waals surface area contributed by atoms with Crippen molar-refractivity contribution in [2.75, 3.05) is 13.2 Å². The number of aromatic amines is 1. The molecule has 1 aliphatic heterocycles. The molecule has 2 heterocycles. The third-order valence-electron chi connectivity index (χ3n) is 4.07. The average molecular weight is 414 g/mol. The Morgan fingerprint density at radius 1 is 1.32 bits per heavy atom. The number of nitrogens with one attached hydrogen (secondary N) is 1. The number of hydrogen-bond donors (Lipinski definition) is 1. The molecular formula is C18H15ClF3N3O3. The summed E-state index contributed by atoms with van der Waals surface area (Å²) in [6.07, 6.45) is -4.00. The number of halogens is 4. The van der Waals surface area contributed by atoms with Crippen LogP contribution in [-0.4, -0.2) is 34.1 Å². The molecule has 6 nitrogen and oxygen atoms in total. The number of carbonyl (C=O) groups is 1. The van der Waals surface area contributed by atoms with Crippen LogP contribution in [0.5, 0.6) is 0 Å². The molecule has 3 rings (SSSR count). The Morgan fingerprint density at radius 3 is 2.61 bits per heavy atom. The highest BCUT2D eigenvalue weighted by Crippen LogP contribution is 2.36. The standard InChI is InChI=1S/C18H15ClF3N3O3/c1-2-28-17(27)25-8-11(7-10-3-5-12(19)6-4-10)14-13(9-25)15(18(20,21)22)24-16(26)23-14/h3-7H,2,8-9H2,1H3,(H,23,24,26)/b11-7-. The van der Waals surface area contributed by atoms with Crippen LogP contribution in [0.25, 0.3) is 11.6 Å². The molecule has 0 unspecified atom stereocenters. The van der Waals surface area contributed by atoms with E-state index in [1.165, 1.54) is 0 Å². The number of alkyl halides is 3. The topological polar surface area (TPSA) is 75.3 Å².